The first-order valence-electron chi connectivity index (χ1n) is 14.6. The predicted molar refractivity (Wildman–Crippen MR) is 159 cm³/mol. The van der Waals surface area contributed by atoms with Gasteiger partial charge in [-0.25, -0.2) is 23.5 Å². The molecular formula is C31H32FN7O4. The van der Waals surface area contributed by atoms with Gasteiger partial charge in [0.2, 0.25) is 0 Å². The Morgan fingerprint density at radius 1 is 1.12 bits per heavy atom. The third-order valence-corrected chi connectivity index (χ3v) is 8.37. The summed E-state index contributed by atoms with van der Waals surface area (Å²) in [5, 5.41) is 4.96. The van der Waals surface area contributed by atoms with Gasteiger partial charge in [0.1, 0.15) is 11.6 Å². The van der Waals surface area contributed by atoms with Crippen molar-refractivity contribution < 1.29 is 18.7 Å². The monoisotopic (exact) mass is 585 g/mol. The number of nitrogens with one attached hydrogen (secondary N) is 1. The Hall–Kier alpha value is -4.71. The molecule has 2 aliphatic rings. The first kappa shape index (κ1) is 27.1. The molecule has 2 aliphatic heterocycles. The van der Waals surface area contributed by atoms with E-state index in [1.807, 2.05) is 36.4 Å². The van der Waals surface area contributed by atoms with Crippen molar-refractivity contribution in [2.24, 2.45) is 0 Å². The van der Waals surface area contributed by atoms with E-state index in [4.69, 9.17) is 14.6 Å². The highest BCUT2D eigenvalue weighted by atomic mass is 19.1. The quantitative estimate of drug-likeness (QED) is 0.322. The Morgan fingerprint density at radius 2 is 1.98 bits per heavy atom. The summed E-state index contributed by atoms with van der Waals surface area (Å²) >= 11 is 0. The first-order valence-corrected chi connectivity index (χ1v) is 14.6. The second-order valence-corrected chi connectivity index (χ2v) is 10.9. The minimum Gasteiger partial charge on any atom is -0.450 e. The van der Waals surface area contributed by atoms with Crippen molar-refractivity contribution in [3.63, 3.8) is 0 Å². The number of carbonyl (C=O) groups excluding carboxylic acids is 1. The van der Waals surface area contributed by atoms with Gasteiger partial charge in [0.05, 0.1) is 48.8 Å². The van der Waals surface area contributed by atoms with E-state index in [9.17, 15) is 14.0 Å². The molecule has 0 bridgehead atoms. The van der Waals surface area contributed by atoms with Crippen LogP contribution in [-0.2, 0) is 9.47 Å². The Labute approximate surface area is 246 Å². The van der Waals surface area contributed by atoms with Crippen molar-refractivity contribution in [2.75, 3.05) is 44.4 Å². The fourth-order valence-corrected chi connectivity index (χ4v) is 6.26. The molecule has 12 heteroatoms. The number of piperidine rings is 1. The zero-order valence-corrected chi connectivity index (χ0v) is 23.8. The number of fused-ring (bicyclic) bond motifs is 2. The zero-order chi connectivity index (χ0) is 29.5. The Balaban J connectivity index is 1.19. The number of hydrogen-bond donors (Lipinski definition) is 1. The third-order valence-electron chi connectivity index (χ3n) is 8.37. The normalized spacial score (nSPS) is 18.0. The number of anilines is 1. The second kappa shape index (κ2) is 11.2. The number of morpholine rings is 1. The van der Waals surface area contributed by atoms with Crippen LogP contribution in [0.1, 0.15) is 37.4 Å². The molecule has 43 heavy (non-hydrogen) atoms. The van der Waals surface area contributed by atoms with Gasteiger partial charge < -0.3 is 24.3 Å². The Morgan fingerprint density at radius 3 is 2.79 bits per heavy atom. The lowest BCUT2D eigenvalue weighted by Gasteiger charge is -2.36. The topological polar surface area (TPSA) is 110 Å². The lowest BCUT2D eigenvalue weighted by Crippen LogP contribution is -2.40. The summed E-state index contributed by atoms with van der Waals surface area (Å²) in [7, 11) is 0. The number of hydrogen-bond acceptors (Lipinski definition) is 7. The van der Waals surface area contributed by atoms with Crippen LogP contribution in [0.25, 0.3) is 27.9 Å². The number of halogens is 1. The van der Waals surface area contributed by atoms with Gasteiger partial charge in [-0.1, -0.05) is 18.2 Å². The summed E-state index contributed by atoms with van der Waals surface area (Å²) in [6.45, 7) is 4.81. The van der Waals surface area contributed by atoms with E-state index >= 15 is 0 Å². The van der Waals surface area contributed by atoms with Crippen LogP contribution in [0.2, 0.25) is 0 Å². The maximum atomic E-state index is 14.0. The van der Waals surface area contributed by atoms with Crippen LogP contribution in [-0.4, -0.2) is 74.6 Å². The van der Waals surface area contributed by atoms with Crippen molar-refractivity contribution in [1.29, 1.82) is 0 Å². The predicted octanol–water partition coefficient (Wildman–Crippen LogP) is 4.55. The summed E-state index contributed by atoms with van der Waals surface area (Å²) in [6.07, 6.45) is 2.81. The molecule has 0 saturated carbocycles. The molecule has 1 amide bonds. The number of H-pyrrole nitrogens is 1. The minimum atomic E-state index is -0.306. The average molecular weight is 586 g/mol. The van der Waals surface area contributed by atoms with Crippen LogP contribution < -0.4 is 10.6 Å². The van der Waals surface area contributed by atoms with E-state index in [2.05, 4.69) is 14.9 Å². The summed E-state index contributed by atoms with van der Waals surface area (Å²) in [5.41, 5.74) is 4.53. The van der Waals surface area contributed by atoms with E-state index in [1.165, 1.54) is 6.07 Å². The number of likely N-dealkylation sites (tertiary alicyclic amines) is 1. The summed E-state index contributed by atoms with van der Waals surface area (Å²) in [5.74, 6) is 0.451. The van der Waals surface area contributed by atoms with E-state index < -0.39 is 0 Å². The highest BCUT2D eigenvalue weighted by molar-refractivity contribution is 5.82. The summed E-state index contributed by atoms with van der Waals surface area (Å²) < 4.78 is 28.5. The van der Waals surface area contributed by atoms with Crippen molar-refractivity contribution in [2.45, 2.75) is 31.8 Å². The number of nitrogens with zero attached hydrogens (tertiary/aromatic N) is 6. The molecule has 2 aromatic carbocycles. The van der Waals surface area contributed by atoms with Crippen LogP contribution in [0.15, 0.2) is 65.6 Å². The number of carbonyl (C=O) groups is 1. The van der Waals surface area contributed by atoms with Crippen molar-refractivity contribution in [3.8, 4) is 11.3 Å². The number of amides is 1. The standard InChI is InChI=1S/C31H32FN7O4/c1-2-43-31(41)36-12-10-23(11-13-36)38-25-7-6-21(17-24(25)34-30(38)40)26-18-33-28-8-9-29(35-39(26)28)37-14-15-42-19-27(37)20-4-3-5-22(32)16-20/h3-9,16-18,23,27H,2,10-15,19H2,1H3,(H,34,40). The molecule has 1 unspecified atom stereocenters. The van der Waals surface area contributed by atoms with Gasteiger partial charge in [-0.3, -0.25) is 4.57 Å². The fourth-order valence-electron chi connectivity index (χ4n) is 6.26. The number of aromatic nitrogens is 5. The largest absolute Gasteiger partial charge is 0.450 e. The minimum absolute atomic E-state index is 0.0163. The Kier molecular flexibility index (Phi) is 7.05. The molecule has 2 fully saturated rings. The molecule has 7 rings (SSSR count). The van der Waals surface area contributed by atoms with Crippen LogP contribution in [0, 0.1) is 5.82 Å². The van der Waals surface area contributed by atoms with Gasteiger partial charge in [-0.2, -0.15) is 0 Å². The molecule has 222 valence electrons. The number of rotatable bonds is 5. The highest BCUT2D eigenvalue weighted by Crippen LogP contribution is 2.31. The molecule has 0 spiro atoms. The average Bonchev–Trinajstić information content (AvgIpc) is 3.60. The number of ether oxygens (including phenoxy) is 2. The molecule has 11 nitrogen and oxygen atoms in total. The van der Waals surface area contributed by atoms with Gasteiger partial charge in [0.25, 0.3) is 0 Å². The molecule has 0 aliphatic carbocycles. The van der Waals surface area contributed by atoms with E-state index in [0.29, 0.717) is 57.9 Å². The highest BCUT2D eigenvalue weighted by Gasteiger charge is 2.28. The molecule has 5 aromatic rings. The molecule has 3 aromatic heterocycles. The van der Waals surface area contributed by atoms with Gasteiger partial charge in [0.15, 0.2) is 5.65 Å². The smallest absolute Gasteiger partial charge is 0.409 e. The van der Waals surface area contributed by atoms with Crippen LogP contribution in [0.4, 0.5) is 15.0 Å². The fraction of sp³-hybridized carbons (Fsp3) is 0.355. The Bertz CT molecular complexity index is 1860. The van der Waals surface area contributed by atoms with Crippen molar-refractivity contribution >= 4 is 28.6 Å². The summed E-state index contributed by atoms with van der Waals surface area (Å²) in [6, 6.07) is 16.1. The van der Waals surface area contributed by atoms with Gasteiger partial charge >= 0.3 is 11.8 Å². The maximum Gasteiger partial charge on any atom is 0.409 e. The van der Waals surface area contributed by atoms with Crippen LogP contribution >= 0.6 is 0 Å². The van der Waals surface area contributed by atoms with Crippen molar-refractivity contribution in [3.05, 3.63) is 82.7 Å². The van der Waals surface area contributed by atoms with Crippen molar-refractivity contribution in [1.82, 2.24) is 29.0 Å². The third kappa shape index (κ3) is 5.01. The molecule has 5 heterocycles. The van der Waals surface area contributed by atoms with E-state index in [-0.39, 0.29) is 29.7 Å². The SMILES string of the molecule is CCOC(=O)N1CCC(n2c(=O)[nH]c3cc(-c4cnc5ccc(N6CCOCC6c6cccc(F)c6)nn45)ccc32)CC1. The molecule has 2 saturated heterocycles. The number of imidazole rings is 2. The second-order valence-electron chi connectivity index (χ2n) is 10.9. The lowest BCUT2D eigenvalue weighted by molar-refractivity contribution is 0.0927. The number of aromatic amines is 1. The lowest BCUT2D eigenvalue weighted by atomic mass is 10.0. The molecule has 1 atom stereocenters. The molecular weight excluding hydrogens is 553 g/mol. The zero-order valence-electron chi connectivity index (χ0n) is 23.8. The van der Waals surface area contributed by atoms with Gasteiger partial charge in [-0.05, 0) is 61.7 Å². The number of benzene rings is 2. The van der Waals surface area contributed by atoms with E-state index in [0.717, 1.165) is 33.7 Å². The van der Waals surface area contributed by atoms with Crippen LogP contribution in [0.5, 0.6) is 0 Å². The van der Waals surface area contributed by atoms with Gasteiger partial charge in [-0.15, -0.1) is 5.10 Å². The summed E-state index contributed by atoms with van der Waals surface area (Å²) in [4.78, 5) is 36.6. The molecule has 0 radical (unpaired) electrons. The first-order chi connectivity index (χ1) is 21.0. The van der Waals surface area contributed by atoms with Gasteiger partial charge in [0, 0.05) is 31.2 Å². The van der Waals surface area contributed by atoms with Crippen LogP contribution in [0.3, 0.4) is 0 Å². The van der Waals surface area contributed by atoms with E-state index in [1.54, 1.807) is 39.2 Å². The molecule has 1 N–H and O–H groups in total. The maximum absolute atomic E-state index is 14.0.